The third-order valence-corrected chi connectivity index (χ3v) is 4.98. The molecule has 0 saturated carbocycles. The lowest BCUT2D eigenvalue weighted by molar-refractivity contribution is 0.466. The third-order valence-electron chi connectivity index (χ3n) is 4.06. The first-order valence-corrected chi connectivity index (χ1v) is 10.4. The van der Waals surface area contributed by atoms with Crippen molar-refractivity contribution in [2.24, 2.45) is 5.14 Å². The fourth-order valence-corrected chi connectivity index (χ4v) is 3.32. The number of hydrogen-bond donors (Lipinski definition) is 2. The molecular weight excluding hydrogens is 406 g/mol. The maximum Gasteiger partial charge on any atom is 0.320 e. The van der Waals surface area contributed by atoms with Gasteiger partial charge in [0.2, 0.25) is 15.9 Å². The quantitative estimate of drug-likeness (QED) is 0.480. The second-order valence-corrected chi connectivity index (χ2v) is 7.93. The molecule has 0 bridgehead atoms. The summed E-state index contributed by atoms with van der Waals surface area (Å²) in [7, 11) is -3.98. The molecule has 0 spiro atoms. The van der Waals surface area contributed by atoms with E-state index in [0.717, 1.165) is 17.4 Å². The molecule has 9 nitrogen and oxygen atoms in total. The Morgan fingerprint density at radius 3 is 2.70 bits per heavy atom. The molecule has 0 unspecified atom stereocenters. The van der Waals surface area contributed by atoms with Gasteiger partial charge in [-0.2, -0.15) is 0 Å². The fraction of sp³-hybridized carbons (Fsp3) is 0.0500. The van der Waals surface area contributed by atoms with Crippen molar-refractivity contribution in [3.05, 3.63) is 72.6 Å². The van der Waals surface area contributed by atoms with E-state index in [1.165, 1.54) is 12.3 Å². The number of hydrogen-bond acceptors (Lipinski definition) is 8. The molecule has 2 aromatic carbocycles. The predicted molar refractivity (Wildman–Crippen MR) is 110 cm³/mol. The molecule has 152 valence electrons. The summed E-state index contributed by atoms with van der Waals surface area (Å²) in [5.41, 5.74) is 2.53. The van der Waals surface area contributed by atoms with Crippen LogP contribution >= 0.6 is 0 Å². The van der Waals surface area contributed by atoms with Gasteiger partial charge in [0.1, 0.15) is 10.6 Å². The number of nitrogens with one attached hydrogen (secondary N) is 1. The molecule has 4 aromatic rings. The Labute approximate surface area is 172 Å². The SMILES string of the molecule is Cc1cccc(Nc2nnc(-c3cccc(Oc4ccncc4S(N)(=O)=O)c3)o2)c1. The zero-order valence-corrected chi connectivity index (χ0v) is 16.6. The number of aromatic nitrogens is 3. The molecule has 4 rings (SSSR count). The lowest BCUT2D eigenvalue weighted by Gasteiger charge is -2.09. The van der Waals surface area contributed by atoms with Gasteiger partial charge in [-0.3, -0.25) is 4.98 Å². The standard InChI is InChI=1S/C20H17N5O4S/c1-13-4-2-6-15(10-13)23-20-25-24-19(29-20)14-5-3-7-16(11-14)28-17-8-9-22-12-18(17)30(21,26)27/h2-12H,1H3,(H,23,25)(H2,21,26,27). The Kier molecular flexibility index (Phi) is 5.17. The Balaban J connectivity index is 1.57. The Morgan fingerprint density at radius 2 is 1.90 bits per heavy atom. The first kappa shape index (κ1) is 19.6. The van der Waals surface area contributed by atoms with Crippen molar-refractivity contribution in [1.29, 1.82) is 0 Å². The summed E-state index contributed by atoms with van der Waals surface area (Å²) in [4.78, 5) is 3.57. The van der Waals surface area contributed by atoms with Crippen LogP contribution in [-0.4, -0.2) is 23.6 Å². The number of aryl methyl sites for hydroxylation is 1. The second kappa shape index (κ2) is 7.93. The molecule has 2 aromatic heterocycles. The van der Waals surface area contributed by atoms with E-state index in [4.69, 9.17) is 14.3 Å². The molecule has 0 aliphatic carbocycles. The van der Waals surface area contributed by atoms with Crippen molar-refractivity contribution in [3.63, 3.8) is 0 Å². The minimum absolute atomic E-state index is 0.0667. The van der Waals surface area contributed by atoms with Gasteiger partial charge < -0.3 is 14.5 Å². The van der Waals surface area contributed by atoms with Crippen LogP contribution in [0.5, 0.6) is 11.5 Å². The summed E-state index contributed by atoms with van der Waals surface area (Å²) in [6.07, 6.45) is 2.55. The normalized spacial score (nSPS) is 11.3. The molecule has 0 saturated heterocycles. The van der Waals surface area contributed by atoms with E-state index < -0.39 is 10.0 Å². The highest BCUT2D eigenvalue weighted by Crippen LogP contribution is 2.30. The Morgan fingerprint density at radius 1 is 1.07 bits per heavy atom. The lowest BCUT2D eigenvalue weighted by Crippen LogP contribution is -2.13. The molecule has 0 amide bonds. The molecule has 0 aliphatic rings. The number of nitrogens with two attached hydrogens (primary N) is 1. The topological polar surface area (TPSA) is 133 Å². The number of primary sulfonamides is 1. The van der Waals surface area contributed by atoms with Crippen LogP contribution in [0.25, 0.3) is 11.5 Å². The monoisotopic (exact) mass is 423 g/mol. The van der Waals surface area contributed by atoms with E-state index in [1.807, 2.05) is 31.2 Å². The second-order valence-electron chi connectivity index (χ2n) is 6.40. The highest BCUT2D eigenvalue weighted by molar-refractivity contribution is 7.89. The molecule has 0 atom stereocenters. The zero-order chi connectivity index (χ0) is 21.1. The number of benzene rings is 2. The smallest absolute Gasteiger partial charge is 0.320 e. The summed E-state index contributed by atoms with van der Waals surface area (Å²) in [5.74, 6) is 0.712. The van der Waals surface area contributed by atoms with E-state index in [9.17, 15) is 8.42 Å². The van der Waals surface area contributed by atoms with Crippen molar-refractivity contribution in [2.45, 2.75) is 11.8 Å². The lowest BCUT2D eigenvalue weighted by atomic mass is 10.2. The summed E-state index contributed by atoms with van der Waals surface area (Å²) < 4.78 is 34.8. The molecule has 30 heavy (non-hydrogen) atoms. The Hall–Kier alpha value is -3.76. The van der Waals surface area contributed by atoms with Crippen LogP contribution in [0, 0.1) is 6.92 Å². The number of anilines is 2. The van der Waals surface area contributed by atoms with E-state index in [0.29, 0.717) is 11.3 Å². The van der Waals surface area contributed by atoms with Crippen molar-refractivity contribution in [1.82, 2.24) is 15.2 Å². The van der Waals surface area contributed by atoms with Gasteiger partial charge in [0.15, 0.2) is 5.75 Å². The fourth-order valence-electron chi connectivity index (χ4n) is 2.72. The molecule has 10 heteroatoms. The highest BCUT2D eigenvalue weighted by Gasteiger charge is 2.16. The van der Waals surface area contributed by atoms with Gasteiger partial charge >= 0.3 is 6.01 Å². The minimum atomic E-state index is -3.98. The van der Waals surface area contributed by atoms with Crippen LogP contribution in [0.4, 0.5) is 11.7 Å². The summed E-state index contributed by atoms with van der Waals surface area (Å²) >= 11 is 0. The first-order valence-electron chi connectivity index (χ1n) is 8.81. The summed E-state index contributed by atoms with van der Waals surface area (Å²) in [6, 6.07) is 16.2. The number of ether oxygens (including phenoxy) is 1. The molecule has 0 radical (unpaired) electrons. The molecular formula is C20H17N5O4S. The van der Waals surface area contributed by atoms with Crippen LogP contribution in [0.2, 0.25) is 0 Å². The van der Waals surface area contributed by atoms with Crippen LogP contribution in [0.1, 0.15) is 5.56 Å². The van der Waals surface area contributed by atoms with Crippen molar-refractivity contribution in [3.8, 4) is 23.0 Å². The Bertz CT molecular complexity index is 1300. The molecule has 0 aliphatic heterocycles. The van der Waals surface area contributed by atoms with Gasteiger partial charge in [-0.05, 0) is 42.8 Å². The minimum Gasteiger partial charge on any atom is -0.456 e. The number of nitrogens with zero attached hydrogens (tertiary/aromatic N) is 3. The average Bonchev–Trinajstić information content (AvgIpc) is 3.16. The van der Waals surface area contributed by atoms with Crippen molar-refractivity contribution < 1.29 is 17.6 Å². The number of sulfonamides is 1. The van der Waals surface area contributed by atoms with Crippen molar-refractivity contribution >= 4 is 21.7 Å². The number of pyridine rings is 1. The van der Waals surface area contributed by atoms with E-state index in [2.05, 4.69) is 20.5 Å². The largest absolute Gasteiger partial charge is 0.456 e. The van der Waals surface area contributed by atoms with Gasteiger partial charge in [0.05, 0.1) is 6.20 Å². The maximum atomic E-state index is 11.7. The van der Waals surface area contributed by atoms with E-state index >= 15 is 0 Å². The average molecular weight is 423 g/mol. The van der Waals surface area contributed by atoms with Crippen LogP contribution in [0.15, 0.2) is 76.3 Å². The van der Waals surface area contributed by atoms with Gasteiger partial charge in [-0.1, -0.05) is 23.3 Å². The number of rotatable bonds is 6. The summed E-state index contributed by atoms with van der Waals surface area (Å²) in [5, 5.41) is 16.3. The predicted octanol–water partition coefficient (Wildman–Crippen LogP) is 3.62. The maximum absolute atomic E-state index is 11.7. The van der Waals surface area contributed by atoms with Crippen molar-refractivity contribution in [2.75, 3.05) is 5.32 Å². The van der Waals surface area contributed by atoms with Crippen LogP contribution in [-0.2, 0) is 10.0 Å². The molecule has 2 heterocycles. The van der Waals surface area contributed by atoms with E-state index in [1.54, 1.807) is 24.3 Å². The third kappa shape index (κ3) is 4.45. The van der Waals surface area contributed by atoms with Gasteiger partial charge in [0.25, 0.3) is 0 Å². The molecule has 3 N–H and O–H groups in total. The summed E-state index contributed by atoms with van der Waals surface area (Å²) in [6.45, 7) is 1.99. The van der Waals surface area contributed by atoms with Gasteiger partial charge in [-0.25, -0.2) is 13.6 Å². The van der Waals surface area contributed by atoms with Gasteiger partial charge in [0, 0.05) is 23.5 Å². The highest BCUT2D eigenvalue weighted by atomic mass is 32.2. The van der Waals surface area contributed by atoms with Crippen LogP contribution in [0.3, 0.4) is 0 Å². The zero-order valence-electron chi connectivity index (χ0n) is 15.8. The van der Waals surface area contributed by atoms with Gasteiger partial charge in [-0.15, -0.1) is 5.10 Å². The first-order chi connectivity index (χ1) is 14.4. The molecule has 0 fully saturated rings. The van der Waals surface area contributed by atoms with Crippen LogP contribution < -0.4 is 15.2 Å². The van der Waals surface area contributed by atoms with E-state index in [-0.39, 0.29) is 22.6 Å².